The molecule has 0 bridgehead atoms. The second-order valence-electron chi connectivity index (χ2n) is 6.24. The number of aryl methyl sites for hydroxylation is 2. The smallest absolute Gasteiger partial charge is 0.237 e. The van der Waals surface area contributed by atoms with Crippen molar-refractivity contribution < 1.29 is 9.59 Å². The number of nitrogens with one attached hydrogen (secondary N) is 1. The van der Waals surface area contributed by atoms with Gasteiger partial charge in [-0.2, -0.15) is 0 Å². The lowest BCUT2D eigenvalue weighted by atomic mass is 10.1. The van der Waals surface area contributed by atoms with Gasteiger partial charge in [-0.05, 0) is 57.5 Å². The number of Topliss-reactive ketones (excluding diaryl/α,β-unsaturated/α-hetero) is 1. The Balaban J connectivity index is 1.72. The van der Waals surface area contributed by atoms with Crippen molar-refractivity contribution >= 4 is 56.5 Å². The van der Waals surface area contributed by atoms with Crippen LogP contribution in [0.15, 0.2) is 29.4 Å². The third-order valence-electron chi connectivity index (χ3n) is 4.25. The second-order valence-corrected chi connectivity index (χ2v) is 8.75. The van der Waals surface area contributed by atoms with Gasteiger partial charge in [0.05, 0.1) is 10.6 Å². The zero-order chi connectivity index (χ0) is 19.7. The number of thiophene rings is 1. The molecule has 0 unspecified atom stereocenters. The number of nitrogens with two attached hydrogens (primary N) is 1. The summed E-state index contributed by atoms with van der Waals surface area (Å²) < 4.78 is 0. The summed E-state index contributed by atoms with van der Waals surface area (Å²) in [7, 11) is 0. The molecule has 6 nitrogen and oxygen atoms in total. The Morgan fingerprint density at radius 3 is 2.48 bits per heavy atom. The van der Waals surface area contributed by atoms with Gasteiger partial charge in [-0.25, -0.2) is 9.97 Å². The van der Waals surface area contributed by atoms with Crippen molar-refractivity contribution in [2.75, 3.05) is 11.1 Å². The first-order valence-corrected chi connectivity index (χ1v) is 10.1. The number of thioether (sulfide) groups is 1. The van der Waals surface area contributed by atoms with E-state index in [1.807, 2.05) is 13.8 Å². The molecule has 3 N–H and O–H groups in total. The van der Waals surface area contributed by atoms with Crippen molar-refractivity contribution in [1.82, 2.24) is 9.97 Å². The number of benzene rings is 1. The molecule has 0 radical (unpaired) electrons. The molecule has 0 saturated carbocycles. The van der Waals surface area contributed by atoms with Gasteiger partial charge in [-0.3, -0.25) is 9.59 Å². The number of hydrogen-bond donors (Lipinski definition) is 2. The van der Waals surface area contributed by atoms with Crippen LogP contribution in [0, 0.1) is 13.8 Å². The number of carbonyl (C=O) groups is 2. The van der Waals surface area contributed by atoms with Gasteiger partial charge < -0.3 is 11.1 Å². The summed E-state index contributed by atoms with van der Waals surface area (Å²) >= 11 is 2.84. The van der Waals surface area contributed by atoms with Gasteiger partial charge in [-0.1, -0.05) is 11.8 Å². The Hall–Kier alpha value is -2.45. The number of ketones is 1. The van der Waals surface area contributed by atoms with Crippen LogP contribution in [0.5, 0.6) is 0 Å². The summed E-state index contributed by atoms with van der Waals surface area (Å²) in [5, 5.41) is 3.81. The van der Waals surface area contributed by atoms with Gasteiger partial charge in [0.2, 0.25) is 5.91 Å². The average molecular weight is 401 g/mol. The number of aromatic nitrogens is 2. The predicted molar refractivity (Wildman–Crippen MR) is 112 cm³/mol. The quantitative estimate of drug-likeness (QED) is 0.378. The molecule has 2 heterocycles. The van der Waals surface area contributed by atoms with Crippen molar-refractivity contribution in [3.63, 3.8) is 0 Å². The molecule has 3 rings (SSSR count). The molecule has 140 valence electrons. The molecule has 0 aliphatic heterocycles. The Labute approximate surface area is 165 Å². The van der Waals surface area contributed by atoms with Crippen molar-refractivity contribution in [2.45, 2.75) is 38.1 Å². The first kappa shape index (κ1) is 19.3. The fraction of sp³-hybridized carbons (Fsp3) is 0.263. The van der Waals surface area contributed by atoms with Gasteiger partial charge >= 0.3 is 0 Å². The Kier molecular flexibility index (Phi) is 5.48. The molecule has 0 fully saturated rings. The molecule has 1 atom stereocenters. The minimum Gasteiger partial charge on any atom is -0.383 e. The molecule has 1 amide bonds. The fourth-order valence-corrected chi connectivity index (χ4v) is 4.43. The second kappa shape index (κ2) is 7.66. The molecule has 0 saturated heterocycles. The molecular weight excluding hydrogens is 380 g/mol. The minimum absolute atomic E-state index is 0.0130. The first-order valence-electron chi connectivity index (χ1n) is 8.38. The van der Waals surface area contributed by atoms with E-state index < -0.39 is 5.25 Å². The Bertz CT molecular complexity index is 1030. The van der Waals surface area contributed by atoms with E-state index in [0.29, 0.717) is 22.2 Å². The van der Waals surface area contributed by atoms with E-state index in [0.717, 1.165) is 20.7 Å². The molecule has 0 aliphatic rings. The van der Waals surface area contributed by atoms with Crippen LogP contribution in [-0.4, -0.2) is 26.9 Å². The number of anilines is 2. The molecular formula is C19H20N4O2S2. The maximum Gasteiger partial charge on any atom is 0.237 e. The lowest BCUT2D eigenvalue weighted by Gasteiger charge is -2.12. The fourth-order valence-electron chi connectivity index (χ4n) is 2.56. The van der Waals surface area contributed by atoms with E-state index in [9.17, 15) is 9.59 Å². The number of amides is 1. The van der Waals surface area contributed by atoms with E-state index in [2.05, 4.69) is 15.3 Å². The minimum atomic E-state index is -0.406. The largest absolute Gasteiger partial charge is 0.383 e. The summed E-state index contributed by atoms with van der Waals surface area (Å²) in [6.07, 6.45) is 0. The third kappa shape index (κ3) is 4.12. The number of nitrogens with zero attached hydrogens (tertiary/aromatic N) is 2. The summed E-state index contributed by atoms with van der Waals surface area (Å²) in [4.78, 5) is 34.7. The van der Waals surface area contributed by atoms with Crippen LogP contribution in [0.1, 0.15) is 34.6 Å². The Morgan fingerprint density at radius 1 is 1.19 bits per heavy atom. The van der Waals surface area contributed by atoms with Crippen LogP contribution in [0.4, 0.5) is 11.5 Å². The van der Waals surface area contributed by atoms with Crippen molar-refractivity contribution in [1.29, 1.82) is 0 Å². The molecule has 0 aliphatic carbocycles. The highest BCUT2D eigenvalue weighted by Gasteiger charge is 2.19. The first-order chi connectivity index (χ1) is 12.8. The molecule has 0 spiro atoms. The summed E-state index contributed by atoms with van der Waals surface area (Å²) in [6.45, 7) is 7.33. The molecule has 2 aromatic heterocycles. The van der Waals surface area contributed by atoms with Gasteiger partial charge in [0.15, 0.2) is 10.9 Å². The molecule has 8 heteroatoms. The highest BCUT2D eigenvalue weighted by atomic mass is 32.2. The molecule has 3 aromatic rings. The van der Waals surface area contributed by atoms with Crippen molar-refractivity contribution in [3.05, 3.63) is 40.3 Å². The molecule has 27 heavy (non-hydrogen) atoms. The van der Waals surface area contributed by atoms with Crippen LogP contribution in [0.3, 0.4) is 0 Å². The summed E-state index contributed by atoms with van der Waals surface area (Å²) in [5.41, 5.74) is 8.44. The van der Waals surface area contributed by atoms with E-state index in [4.69, 9.17) is 5.73 Å². The monoisotopic (exact) mass is 400 g/mol. The maximum atomic E-state index is 12.5. The lowest BCUT2D eigenvalue weighted by molar-refractivity contribution is -0.115. The van der Waals surface area contributed by atoms with E-state index in [-0.39, 0.29) is 11.7 Å². The van der Waals surface area contributed by atoms with Gasteiger partial charge in [0.1, 0.15) is 10.6 Å². The van der Waals surface area contributed by atoms with Crippen LogP contribution < -0.4 is 11.1 Å². The number of nitrogen functional groups attached to an aromatic ring is 1. The summed E-state index contributed by atoms with van der Waals surface area (Å²) in [6, 6.07) is 6.80. The number of fused-ring (bicyclic) bond motifs is 1. The van der Waals surface area contributed by atoms with Crippen molar-refractivity contribution in [3.8, 4) is 0 Å². The highest BCUT2D eigenvalue weighted by Crippen LogP contribution is 2.34. The number of hydrogen-bond acceptors (Lipinski definition) is 7. The van der Waals surface area contributed by atoms with Crippen LogP contribution in [-0.2, 0) is 4.79 Å². The van der Waals surface area contributed by atoms with Crippen LogP contribution >= 0.6 is 23.1 Å². The molecule has 1 aromatic carbocycles. The Morgan fingerprint density at radius 2 is 1.85 bits per heavy atom. The number of carbonyl (C=O) groups excluding carboxylic acids is 2. The van der Waals surface area contributed by atoms with Gasteiger partial charge in [-0.15, -0.1) is 11.3 Å². The zero-order valence-corrected chi connectivity index (χ0v) is 17.1. The predicted octanol–water partition coefficient (Wildman–Crippen LogP) is 4.21. The highest BCUT2D eigenvalue weighted by molar-refractivity contribution is 8.00. The van der Waals surface area contributed by atoms with E-state index in [1.54, 1.807) is 42.5 Å². The standard InChI is InChI=1S/C19H20N4O2S2/c1-9-11(3)26-18-15(9)16(20)22-19(23-18)27-12(4)17(25)21-14-7-5-13(6-8-14)10(2)24/h5-8,12H,1-4H3,(H,21,25)(H2,20,22,23)/t12-/m1/s1. The van der Waals surface area contributed by atoms with Gasteiger partial charge in [0, 0.05) is 16.1 Å². The summed E-state index contributed by atoms with van der Waals surface area (Å²) in [5.74, 6) is 0.258. The average Bonchev–Trinajstić information content (AvgIpc) is 2.89. The normalized spacial score (nSPS) is 12.1. The van der Waals surface area contributed by atoms with E-state index in [1.165, 1.54) is 18.7 Å². The third-order valence-corrected chi connectivity index (χ3v) is 6.31. The van der Waals surface area contributed by atoms with E-state index >= 15 is 0 Å². The zero-order valence-electron chi connectivity index (χ0n) is 15.5. The van der Waals surface area contributed by atoms with Crippen LogP contribution in [0.25, 0.3) is 10.2 Å². The van der Waals surface area contributed by atoms with Crippen molar-refractivity contribution in [2.24, 2.45) is 0 Å². The maximum absolute atomic E-state index is 12.5. The SMILES string of the molecule is CC(=O)c1ccc(NC(=O)[C@@H](C)Sc2nc(N)c3c(C)c(C)sc3n2)cc1. The number of rotatable bonds is 5. The topological polar surface area (TPSA) is 98.0 Å². The van der Waals surface area contributed by atoms with Crippen LogP contribution in [0.2, 0.25) is 0 Å². The van der Waals surface area contributed by atoms with Gasteiger partial charge in [0.25, 0.3) is 0 Å². The lowest BCUT2D eigenvalue weighted by Crippen LogP contribution is -2.22.